The molecule has 1 saturated heterocycles. The van der Waals surface area contributed by atoms with Crippen LogP contribution in [0.5, 0.6) is 5.88 Å². The number of hydrogen-bond acceptors (Lipinski definition) is 5. The van der Waals surface area contributed by atoms with Crippen LogP contribution >= 0.6 is 15.9 Å². The summed E-state index contributed by atoms with van der Waals surface area (Å²) in [4.78, 5) is 8.74. The first kappa shape index (κ1) is 23.8. The second-order valence-corrected chi connectivity index (χ2v) is 8.42. The topological polar surface area (TPSA) is 53.5 Å². The Balaban J connectivity index is 0.000000253. The summed E-state index contributed by atoms with van der Waals surface area (Å²) >= 11 is 3.32. The van der Waals surface area contributed by atoms with Crippen LogP contribution in [-0.2, 0) is 9.47 Å². The molecule has 0 aromatic carbocycles. The molecule has 0 saturated carbocycles. The molecule has 3 heterocycles. The van der Waals surface area contributed by atoms with Crippen LogP contribution in [0.1, 0.15) is 70.2 Å². The molecule has 3 rings (SSSR count). The maximum atomic E-state index is 5.61. The van der Waals surface area contributed by atoms with Crippen LogP contribution in [0.4, 0.5) is 0 Å². The zero-order chi connectivity index (χ0) is 21.1. The van der Waals surface area contributed by atoms with Gasteiger partial charge in [0.2, 0.25) is 5.88 Å². The van der Waals surface area contributed by atoms with Gasteiger partial charge in [-0.1, -0.05) is 39.8 Å². The van der Waals surface area contributed by atoms with Gasteiger partial charge in [0.1, 0.15) is 11.2 Å². The summed E-state index contributed by atoms with van der Waals surface area (Å²) in [5.74, 6) is 1.59. The van der Waals surface area contributed by atoms with Gasteiger partial charge in [-0.2, -0.15) is 0 Å². The van der Waals surface area contributed by atoms with E-state index in [9.17, 15) is 0 Å². The molecule has 29 heavy (non-hydrogen) atoms. The van der Waals surface area contributed by atoms with Gasteiger partial charge in [-0.25, -0.2) is 9.97 Å². The molecule has 1 aliphatic rings. The van der Waals surface area contributed by atoms with Crippen LogP contribution in [0.3, 0.4) is 0 Å². The molecule has 160 valence electrons. The number of ether oxygens (including phenoxy) is 3. The van der Waals surface area contributed by atoms with Crippen molar-refractivity contribution in [2.75, 3.05) is 19.8 Å². The molecule has 6 heteroatoms. The fourth-order valence-corrected chi connectivity index (χ4v) is 3.10. The van der Waals surface area contributed by atoms with E-state index >= 15 is 0 Å². The molecule has 0 spiro atoms. The molecule has 0 radical (unpaired) electrons. The second-order valence-electron chi connectivity index (χ2n) is 7.61. The third-order valence-electron chi connectivity index (χ3n) is 4.44. The van der Waals surface area contributed by atoms with Gasteiger partial charge in [-0.3, -0.25) is 0 Å². The van der Waals surface area contributed by atoms with Crippen LogP contribution in [0.2, 0.25) is 0 Å². The van der Waals surface area contributed by atoms with Crippen LogP contribution < -0.4 is 4.74 Å². The number of aromatic nitrogens is 2. The van der Waals surface area contributed by atoms with Gasteiger partial charge in [-0.15, -0.1) is 0 Å². The van der Waals surface area contributed by atoms with Crippen molar-refractivity contribution in [1.82, 2.24) is 9.97 Å². The molecule has 1 atom stereocenters. The van der Waals surface area contributed by atoms with Crippen LogP contribution in [0.15, 0.2) is 41.0 Å². The fraction of sp³-hybridized carbons (Fsp3) is 0.565. The standard InChI is InChI=1S/C15H23NO3.C8H10BrN/c1-12(2)13-6-5-7-14(16-13)17-10-11-19-15-8-3-4-9-18-15;1-6(2)7-4-3-5-8(9)10-7/h5-7,12,15H,3-4,8-11H2,1-2H3;3-6H,1-2H3. The first-order chi connectivity index (χ1) is 14.0. The minimum atomic E-state index is -0.0488. The summed E-state index contributed by atoms with van der Waals surface area (Å²) in [5, 5.41) is 0. The zero-order valence-electron chi connectivity index (χ0n) is 17.9. The predicted molar refractivity (Wildman–Crippen MR) is 119 cm³/mol. The number of rotatable bonds is 7. The Morgan fingerprint density at radius 3 is 2.24 bits per heavy atom. The van der Waals surface area contributed by atoms with Crippen molar-refractivity contribution in [2.24, 2.45) is 0 Å². The van der Waals surface area contributed by atoms with Gasteiger partial charge in [0.15, 0.2) is 6.29 Å². The molecule has 2 aromatic heterocycles. The smallest absolute Gasteiger partial charge is 0.213 e. The molecular formula is C23H33BrN2O3. The lowest BCUT2D eigenvalue weighted by molar-refractivity contribution is -0.165. The molecule has 1 fully saturated rings. The highest BCUT2D eigenvalue weighted by molar-refractivity contribution is 9.10. The average molecular weight is 465 g/mol. The zero-order valence-corrected chi connectivity index (χ0v) is 19.5. The Kier molecular flexibility index (Phi) is 10.6. The number of nitrogens with zero attached hydrogens (tertiary/aromatic N) is 2. The summed E-state index contributed by atoms with van der Waals surface area (Å²) in [6.07, 6.45) is 3.26. The van der Waals surface area contributed by atoms with Gasteiger partial charge in [0.25, 0.3) is 0 Å². The van der Waals surface area contributed by atoms with Gasteiger partial charge >= 0.3 is 0 Å². The van der Waals surface area contributed by atoms with Crippen molar-refractivity contribution in [3.63, 3.8) is 0 Å². The quantitative estimate of drug-likeness (QED) is 0.366. The third kappa shape index (κ3) is 9.24. The monoisotopic (exact) mass is 464 g/mol. The minimum absolute atomic E-state index is 0.0488. The Hall–Kier alpha value is -1.50. The molecule has 0 aliphatic carbocycles. The molecule has 5 nitrogen and oxygen atoms in total. The molecule has 1 aliphatic heterocycles. The number of hydrogen-bond donors (Lipinski definition) is 0. The SMILES string of the molecule is CC(C)c1cccc(Br)n1.CC(C)c1cccc(OCCOC2CCCCO2)n1. The Labute approximate surface area is 183 Å². The lowest BCUT2D eigenvalue weighted by atomic mass is 10.1. The molecular weight excluding hydrogens is 432 g/mol. The van der Waals surface area contributed by atoms with Gasteiger partial charge in [0.05, 0.1) is 6.61 Å². The highest BCUT2D eigenvalue weighted by Crippen LogP contribution is 2.16. The van der Waals surface area contributed by atoms with Crippen molar-refractivity contribution in [3.05, 3.63) is 52.4 Å². The van der Waals surface area contributed by atoms with Crippen LogP contribution in [-0.4, -0.2) is 36.1 Å². The number of halogens is 1. The molecule has 0 bridgehead atoms. The van der Waals surface area contributed by atoms with Crippen LogP contribution in [0.25, 0.3) is 0 Å². The summed E-state index contributed by atoms with van der Waals surface area (Å²) in [7, 11) is 0. The summed E-state index contributed by atoms with van der Waals surface area (Å²) in [6, 6.07) is 11.9. The average Bonchev–Trinajstić information content (AvgIpc) is 2.73. The maximum absolute atomic E-state index is 5.61. The highest BCUT2D eigenvalue weighted by Gasteiger charge is 2.13. The van der Waals surface area contributed by atoms with Crippen LogP contribution in [0, 0.1) is 0 Å². The van der Waals surface area contributed by atoms with E-state index in [-0.39, 0.29) is 6.29 Å². The predicted octanol–water partition coefficient (Wildman–Crippen LogP) is 6.09. The fourth-order valence-electron chi connectivity index (χ4n) is 2.75. The van der Waals surface area contributed by atoms with E-state index in [1.807, 2.05) is 36.4 Å². The lowest BCUT2D eigenvalue weighted by Crippen LogP contribution is -2.24. The van der Waals surface area contributed by atoms with E-state index in [4.69, 9.17) is 14.2 Å². The second kappa shape index (κ2) is 12.9. The highest BCUT2D eigenvalue weighted by atomic mass is 79.9. The van der Waals surface area contributed by atoms with Gasteiger partial charge < -0.3 is 14.2 Å². The maximum Gasteiger partial charge on any atom is 0.213 e. The summed E-state index contributed by atoms with van der Waals surface area (Å²) in [6.45, 7) is 10.4. The lowest BCUT2D eigenvalue weighted by Gasteiger charge is -2.22. The van der Waals surface area contributed by atoms with E-state index in [1.54, 1.807) is 0 Å². The summed E-state index contributed by atoms with van der Waals surface area (Å²) in [5.41, 5.74) is 2.18. The van der Waals surface area contributed by atoms with E-state index in [0.29, 0.717) is 30.9 Å². The van der Waals surface area contributed by atoms with Crippen molar-refractivity contribution < 1.29 is 14.2 Å². The van der Waals surface area contributed by atoms with Crippen molar-refractivity contribution in [3.8, 4) is 5.88 Å². The van der Waals surface area contributed by atoms with E-state index in [1.165, 1.54) is 6.42 Å². The minimum Gasteiger partial charge on any atom is -0.475 e. The number of pyridine rings is 2. The third-order valence-corrected chi connectivity index (χ3v) is 4.88. The van der Waals surface area contributed by atoms with E-state index in [2.05, 4.69) is 53.6 Å². The van der Waals surface area contributed by atoms with E-state index < -0.39 is 0 Å². The Morgan fingerprint density at radius 1 is 0.966 bits per heavy atom. The largest absolute Gasteiger partial charge is 0.475 e. The van der Waals surface area contributed by atoms with Gasteiger partial charge in [0, 0.05) is 24.1 Å². The molecule has 0 amide bonds. The summed E-state index contributed by atoms with van der Waals surface area (Å²) < 4.78 is 17.6. The van der Waals surface area contributed by atoms with E-state index in [0.717, 1.165) is 35.4 Å². The Morgan fingerprint density at radius 2 is 1.66 bits per heavy atom. The van der Waals surface area contributed by atoms with Crippen molar-refractivity contribution >= 4 is 15.9 Å². The first-order valence-electron chi connectivity index (χ1n) is 10.4. The molecule has 0 N–H and O–H groups in total. The molecule has 2 aromatic rings. The Bertz CT molecular complexity index is 719. The first-order valence-corrected chi connectivity index (χ1v) is 11.2. The molecule has 1 unspecified atom stereocenters. The van der Waals surface area contributed by atoms with Crippen molar-refractivity contribution in [2.45, 2.75) is 65.1 Å². The van der Waals surface area contributed by atoms with Crippen molar-refractivity contribution in [1.29, 1.82) is 0 Å². The van der Waals surface area contributed by atoms with Gasteiger partial charge in [-0.05, 0) is 65.2 Å². The normalized spacial score (nSPS) is 16.4.